The van der Waals surface area contributed by atoms with E-state index in [1.54, 1.807) is 19.2 Å². The van der Waals surface area contributed by atoms with Gasteiger partial charge in [0.25, 0.3) is 0 Å². The summed E-state index contributed by atoms with van der Waals surface area (Å²) >= 11 is 0. The summed E-state index contributed by atoms with van der Waals surface area (Å²) in [7, 11) is 1.61. The molecule has 2 aromatic carbocycles. The summed E-state index contributed by atoms with van der Waals surface area (Å²) in [5, 5.41) is 1.12. The molecule has 118 valence electrons. The van der Waals surface area contributed by atoms with Gasteiger partial charge in [-0.1, -0.05) is 0 Å². The number of hydrogen-bond acceptors (Lipinski definition) is 5. The van der Waals surface area contributed by atoms with E-state index in [2.05, 4.69) is 0 Å². The molecule has 2 heterocycles. The summed E-state index contributed by atoms with van der Waals surface area (Å²) in [6.45, 7) is 0. The highest BCUT2D eigenvalue weighted by Crippen LogP contribution is 2.31. The molecule has 0 atom stereocenters. The molecular weight excluding hydrogens is 308 g/mol. The third kappa shape index (κ3) is 2.18. The van der Waals surface area contributed by atoms with Gasteiger partial charge in [-0.15, -0.1) is 0 Å². The fourth-order valence-electron chi connectivity index (χ4n) is 2.66. The van der Waals surface area contributed by atoms with Crippen LogP contribution in [0.25, 0.3) is 33.3 Å². The molecule has 0 saturated carbocycles. The minimum absolute atomic E-state index is 0.000669. The van der Waals surface area contributed by atoms with E-state index < -0.39 is 0 Å². The van der Waals surface area contributed by atoms with Crippen molar-refractivity contribution in [3.8, 4) is 17.1 Å². The van der Waals surface area contributed by atoms with Crippen LogP contribution in [0.4, 0.5) is 0 Å². The fourth-order valence-corrected chi connectivity index (χ4v) is 2.66. The maximum Gasteiger partial charge on any atom is 0.203 e. The lowest BCUT2D eigenvalue weighted by molar-refractivity contribution is 0.112. The Labute approximate surface area is 136 Å². The zero-order valence-electron chi connectivity index (χ0n) is 12.7. The van der Waals surface area contributed by atoms with Crippen molar-refractivity contribution < 1.29 is 18.4 Å². The largest absolute Gasteiger partial charge is 0.497 e. The van der Waals surface area contributed by atoms with Crippen molar-refractivity contribution in [2.45, 2.75) is 0 Å². The molecular formula is C19H12O5. The van der Waals surface area contributed by atoms with Gasteiger partial charge in [-0.3, -0.25) is 9.59 Å². The topological polar surface area (TPSA) is 69.7 Å². The number of ether oxygens (including phenoxy) is 1. The summed E-state index contributed by atoms with van der Waals surface area (Å²) in [5.74, 6) is 1.43. The van der Waals surface area contributed by atoms with Gasteiger partial charge in [-0.25, -0.2) is 0 Å². The third-order valence-electron chi connectivity index (χ3n) is 3.94. The lowest BCUT2D eigenvalue weighted by Crippen LogP contribution is -2.07. The minimum Gasteiger partial charge on any atom is -0.497 e. The molecule has 24 heavy (non-hydrogen) atoms. The smallest absolute Gasteiger partial charge is 0.203 e. The summed E-state index contributed by atoms with van der Waals surface area (Å²) in [5.41, 5.74) is 1.54. The predicted octanol–water partition coefficient (Wildman–Crippen LogP) is 4.03. The quantitative estimate of drug-likeness (QED) is 0.533. The molecule has 0 N–H and O–H groups in total. The molecule has 0 aliphatic rings. The number of rotatable bonds is 3. The van der Waals surface area contributed by atoms with Gasteiger partial charge in [0.1, 0.15) is 28.9 Å². The molecule has 0 bridgehead atoms. The van der Waals surface area contributed by atoms with Gasteiger partial charge < -0.3 is 13.6 Å². The molecule has 0 saturated heterocycles. The molecule has 0 fully saturated rings. The fraction of sp³-hybridized carbons (Fsp3) is 0.0526. The van der Waals surface area contributed by atoms with Crippen molar-refractivity contribution in [1.29, 1.82) is 0 Å². The molecule has 0 aliphatic heterocycles. The standard InChI is InChI=1S/C19H12O5/c1-22-14-4-2-11(3-5-14)16-7-12-6-15-18(8-17(12)24-16)23-10-13(9-20)19(15)21/h2-10H,1H3. The number of carbonyl (C=O) groups excluding carboxylic acids is 1. The Morgan fingerprint density at radius 2 is 1.83 bits per heavy atom. The van der Waals surface area contributed by atoms with E-state index in [0.29, 0.717) is 28.6 Å². The average molecular weight is 320 g/mol. The van der Waals surface area contributed by atoms with Crippen LogP contribution < -0.4 is 10.2 Å². The lowest BCUT2D eigenvalue weighted by Gasteiger charge is -2.00. The molecule has 5 heteroatoms. The summed E-state index contributed by atoms with van der Waals surface area (Å²) in [6.07, 6.45) is 1.66. The van der Waals surface area contributed by atoms with E-state index in [9.17, 15) is 9.59 Å². The highest BCUT2D eigenvalue weighted by atomic mass is 16.5. The molecule has 0 unspecified atom stereocenters. The first-order valence-electron chi connectivity index (χ1n) is 7.28. The highest BCUT2D eigenvalue weighted by molar-refractivity contribution is 5.96. The van der Waals surface area contributed by atoms with E-state index in [1.807, 2.05) is 30.3 Å². The first-order valence-corrected chi connectivity index (χ1v) is 7.28. The number of aldehydes is 1. The number of hydrogen-bond donors (Lipinski definition) is 0. The average Bonchev–Trinajstić information content (AvgIpc) is 3.04. The van der Waals surface area contributed by atoms with Crippen LogP contribution in [0.15, 0.2) is 62.4 Å². The summed E-state index contributed by atoms with van der Waals surface area (Å²) in [6, 6.07) is 12.7. The van der Waals surface area contributed by atoms with Crippen LogP contribution in [-0.4, -0.2) is 13.4 Å². The predicted molar refractivity (Wildman–Crippen MR) is 89.6 cm³/mol. The van der Waals surface area contributed by atoms with E-state index in [4.69, 9.17) is 13.6 Å². The molecule has 0 spiro atoms. The Morgan fingerprint density at radius 1 is 1.04 bits per heavy atom. The maximum atomic E-state index is 12.2. The van der Waals surface area contributed by atoms with Gasteiger partial charge in [-0.2, -0.15) is 0 Å². The maximum absolute atomic E-state index is 12.2. The lowest BCUT2D eigenvalue weighted by atomic mass is 10.1. The van der Waals surface area contributed by atoms with Gasteiger partial charge in [0.2, 0.25) is 5.43 Å². The Hall–Kier alpha value is -3.34. The van der Waals surface area contributed by atoms with Gasteiger partial charge in [-0.05, 0) is 36.4 Å². The van der Waals surface area contributed by atoms with Gasteiger partial charge in [0, 0.05) is 17.0 Å². The number of benzene rings is 2. The minimum atomic E-state index is -0.347. The number of carbonyl (C=O) groups is 1. The molecule has 4 rings (SSSR count). The number of furan rings is 1. The second kappa shape index (κ2) is 5.38. The van der Waals surface area contributed by atoms with Crippen molar-refractivity contribution in [2.24, 2.45) is 0 Å². The van der Waals surface area contributed by atoms with Crippen LogP contribution in [0, 0.1) is 0 Å². The Bertz CT molecular complexity index is 1120. The van der Waals surface area contributed by atoms with Crippen molar-refractivity contribution in [2.75, 3.05) is 7.11 Å². The van der Waals surface area contributed by atoms with Crippen LogP contribution in [0.2, 0.25) is 0 Å². The first-order chi connectivity index (χ1) is 11.7. The van der Waals surface area contributed by atoms with Gasteiger partial charge >= 0.3 is 0 Å². The zero-order chi connectivity index (χ0) is 16.7. The van der Waals surface area contributed by atoms with Crippen molar-refractivity contribution >= 4 is 28.2 Å². The second-order valence-corrected chi connectivity index (χ2v) is 5.36. The molecule has 0 amide bonds. The van der Waals surface area contributed by atoms with E-state index in [-0.39, 0.29) is 11.0 Å². The van der Waals surface area contributed by atoms with Crippen molar-refractivity contribution in [3.63, 3.8) is 0 Å². The van der Waals surface area contributed by atoms with Gasteiger partial charge in [0.05, 0.1) is 18.1 Å². The normalized spacial score (nSPS) is 11.0. The Morgan fingerprint density at radius 3 is 2.54 bits per heavy atom. The Balaban J connectivity index is 1.90. The molecule has 0 radical (unpaired) electrons. The number of methoxy groups -OCH3 is 1. The zero-order valence-corrected chi connectivity index (χ0v) is 12.7. The second-order valence-electron chi connectivity index (χ2n) is 5.36. The van der Waals surface area contributed by atoms with Crippen molar-refractivity contribution in [3.05, 3.63) is 64.5 Å². The summed E-state index contributed by atoms with van der Waals surface area (Å²) in [4.78, 5) is 23.1. The molecule has 2 aromatic heterocycles. The Kier molecular flexibility index (Phi) is 3.20. The monoisotopic (exact) mass is 320 g/mol. The molecule has 5 nitrogen and oxygen atoms in total. The molecule has 0 aliphatic carbocycles. The molecule has 4 aromatic rings. The van der Waals surface area contributed by atoms with Gasteiger partial charge in [0.15, 0.2) is 6.29 Å². The first kappa shape index (κ1) is 14.3. The number of fused-ring (bicyclic) bond motifs is 2. The van der Waals surface area contributed by atoms with E-state index in [1.165, 1.54) is 0 Å². The van der Waals surface area contributed by atoms with Crippen LogP contribution in [0.1, 0.15) is 10.4 Å². The van der Waals surface area contributed by atoms with Crippen LogP contribution in [0.3, 0.4) is 0 Å². The van der Waals surface area contributed by atoms with Crippen LogP contribution >= 0.6 is 0 Å². The summed E-state index contributed by atoms with van der Waals surface area (Å²) < 4.78 is 16.4. The van der Waals surface area contributed by atoms with E-state index >= 15 is 0 Å². The van der Waals surface area contributed by atoms with E-state index in [0.717, 1.165) is 23.0 Å². The highest BCUT2D eigenvalue weighted by Gasteiger charge is 2.12. The van der Waals surface area contributed by atoms with Crippen molar-refractivity contribution in [1.82, 2.24) is 0 Å². The third-order valence-corrected chi connectivity index (χ3v) is 3.94. The van der Waals surface area contributed by atoms with Crippen LogP contribution in [-0.2, 0) is 0 Å². The van der Waals surface area contributed by atoms with Crippen LogP contribution in [0.5, 0.6) is 5.75 Å². The SMILES string of the molecule is COc1ccc(-c2cc3cc4c(=O)c(C=O)coc4cc3o2)cc1.